The highest BCUT2D eigenvalue weighted by atomic mass is 16.1. The Balaban J connectivity index is 2.04. The fraction of sp³-hybridized carbons (Fsp3) is 0.286. The lowest BCUT2D eigenvalue weighted by molar-refractivity contribution is -0.115. The molecule has 0 amide bonds. The quantitative estimate of drug-likeness (QED) is 0.706. The standard InChI is InChI=1S/C21H26N2O/c1-16(2)21(24)14-15-23(5)20-12-8-18(9-13-20)17-6-10-19(11-7-17)22(3)4/h6-13H,1,14-15H2,2-5H3. The number of Topliss-reactive ketones (excluding diaryl/α,β-unsaturated/α-hetero) is 1. The van der Waals surface area contributed by atoms with Gasteiger partial charge in [0.25, 0.3) is 0 Å². The highest BCUT2D eigenvalue weighted by Crippen LogP contribution is 2.25. The van der Waals surface area contributed by atoms with Crippen molar-refractivity contribution in [2.24, 2.45) is 0 Å². The van der Waals surface area contributed by atoms with Gasteiger partial charge < -0.3 is 9.80 Å². The molecule has 0 fully saturated rings. The van der Waals surface area contributed by atoms with Crippen LogP contribution in [0.25, 0.3) is 11.1 Å². The van der Waals surface area contributed by atoms with Crippen LogP contribution in [0.4, 0.5) is 11.4 Å². The first kappa shape index (κ1) is 17.8. The number of hydrogen-bond donors (Lipinski definition) is 0. The van der Waals surface area contributed by atoms with Gasteiger partial charge in [-0.25, -0.2) is 0 Å². The van der Waals surface area contributed by atoms with Gasteiger partial charge in [0, 0.05) is 45.5 Å². The molecule has 0 aliphatic heterocycles. The number of hydrogen-bond acceptors (Lipinski definition) is 3. The topological polar surface area (TPSA) is 23.6 Å². The zero-order chi connectivity index (χ0) is 17.7. The maximum Gasteiger partial charge on any atom is 0.159 e. The summed E-state index contributed by atoms with van der Waals surface area (Å²) < 4.78 is 0. The van der Waals surface area contributed by atoms with Crippen molar-refractivity contribution in [2.75, 3.05) is 37.5 Å². The van der Waals surface area contributed by atoms with Gasteiger partial charge in [0.15, 0.2) is 5.78 Å². The largest absolute Gasteiger partial charge is 0.378 e. The lowest BCUT2D eigenvalue weighted by atomic mass is 10.0. The smallest absolute Gasteiger partial charge is 0.159 e. The molecule has 2 aromatic rings. The summed E-state index contributed by atoms with van der Waals surface area (Å²) in [6.45, 7) is 6.16. The van der Waals surface area contributed by atoms with Crippen molar-refractivity contribution in [3.05, 3.63) is 60.7 Å². The molecule has 0 radical (unpaired) electrons. The summed E-state index contributed by atoms with van der Waals surface area (Å²) in [7, 11) is 6.09. The first-order valence-electron chi connectivity index (χ1n) is 8.16. The van der Waals surface area contributed by atoms with Gasteiger partial charge >= 0.3 is 0 Å². The normalized spacial score (nSPS) is 10.3. The predicted octanol–water partition coefficient (Wildman–Crippen LogP) is 4.39. The molecule has 0 unspecified atom stereocenters. The molecule has 2 aromatic carbocycles. The number of carbonyl (C=O) groups excluding carboxylic acids is 1. The minimum Gasteiger partial charge on any atom is -0.378 e. The molecule has 0 N–H and O–H groups in total. The monoisotopic (exact) mass is 322 g/mol. The molecule has 3 heteroatoms. The zero-order valence-corrected chi connectivity index (χ0v) is 15.0. The highest BCUT2D eigenvalue weighted by molar-refractivity contribution is 5.94. The van der Waals surface area contributed by atoms with Gasteiger partial charge in [-0.2, -0.15) is 0 Å². The van der Waals surface area contributed by atoms with E-state index in [4.69, 9.17) is 0 Å². The van der Waals surface area contributed by atoms with Crippen molar-refractivity contribution in [2.45, 2.75) is 13.3 Å². The maximum absolute atomic E-state index is 11.7. The van der Waals surface area contributed by atoms with E-state index in [0.29, 0.717) is 18.5 Å². The van der Waals surface area contributed by atoms with Crippen LogP contribution < -0.4 is 9.80 Å². The van der Waals surface area contributed by atoms with Gasteiger partial charge in [0.05, 0.1) is 0 Å². The molecule has 0 aliphatic carbocycles. The summed E-state index contributed by atoms with van der Waals surface area (Å²) in [5.41, 5.74) is 5.32. The van der Waals surface area contributed by atoms with Crippen LogP contribution in [0, 0.1) is 0 Å². The second kappa shape index (κ2) is 7.82. The van der Waals surface area contributed by atoms with Crippen molar-refractivity contribution in [1.82, 2.24) is 0 Å². The molecular weight excluding hydrogens is 296 g/mol. The first-order valence-corrected chi connectivity index (χ1v) is 8.16. The number of ketones is 1. The van der Waals surface area contributed by atoms with Gasteiger partial charge in [-0.3, -0.25) is 4.79 Å². The van der Waals surface area contributed by atoms with Crippen LogP contribution in [-0.4, -0.2) is 33.5 Å². The molecule has 3 nitrogen and oxygen atoms in total. The Bertz CT molecular complexity index is 700. The van der Waals surface area contributed by atoms with Gasteiger partial charge in [-0.1, -0.05) is 30.8 Å². The van der Waals surface area contributed by atoms with E-state index in [9.17, 15) is 4.79 Å². The summed E-state index contributed by atoms with van der Waals surface area (Å²) in [5.74, 6) is 0.124. The Labute approximate surface area is 145 Å². The molecule has 0 atom stereocenters. The van der Waals surface area contributed by atoms with E-state index in [-0.39, 0.29) is 5.78 Å². The van der Waals surface area contributed by atoms with E-state index in [0.717, 1.165) is 5.69 Å². The van der Waals surface area contributed by atoms with Gasteiger partial charge in [0.2, 0.25) is 0 Å². The van der Waals surface area contributed by atoms with E-state index in [1.54, 1.807) is 6.92 Å². The molecule has 24 heavy (non-hydrogen) atoms. The Morgan fingerprint density at radius 2 is 1.33 bits per heavy atom. The van der Waals surface area contributed by atoms with Crippen molar-refractivity contribution < 1.29 is 4.79 Å². The van der Waals surface area contributed by atoms with Crippen molar-refractivity contribution in [1.29, 1.82) is 0 Å². The van der Waals surface area contributed by atoms with Gasteiger partial charge in [0.1, 0.15) is 0 Å². The zero-order valence-electron chi connectivity index (χ0n) is 15.0. The molecule has 0 saturated heterocycles. The van der Waals surface area contributed by atoms with Gasteiger partial charge in [-0.05, 0) is 47.9 Å². The SMILES string of the molecule is C=C(C)C(=O)CCN(C)c1ccc(-c2ccc(N(C)C)cc2)cc1. The number of rotatable bonds is 7. The Kier molecular flexibility index (Phi) is 5.80. The first-order chi connectivity index (χ1) is 11.4. The Hall–Kier alpha value is -2.55. The molecular formula is C21H26N2O. The molecule has 0 aliphatic rings. The molecule has 126 valence electrons. The summed E-state index contributed by atoms with van der Waals surface area (Å²) in [4.78, 5) is 15.9. The second-order valence-corrected chi connectivity index (χ2v) is 6.36. The fourth-order valence-electron chi connectivity index (χ4n) is 2.47. The third-order valence-electron chi connectivity index (χ3n) is 4.18. The Morgan fingerprint density at radius 3 is 1.75 bits per heavy atom. The number of nitrogens with zero attached hydrogens (tertiary/aromatic N) is 2. The molecule has 0 heterocycles. The van der Waals surface area contributed by atoms with E-state index >= 15 is 0 Å². The summed E-state index contributed by atoms with van der Waals surface area (Å²) in [5, 5.41) is 0. The van der Waals surface area contributed by atoms with Crippen LogP contribution in [0.3, 0.4) is 0 Å². The summed E-state index contributed by atoms with van der Waals surface area (Å²) in [6, 6.07) is 17.0. The maximum atomic E-state index is 11.7. The van der Waals surface area contributed by atoms with Crippen molar-refractivity contribution in [3.8, 4) is 11.1 Å². The van der Waals surface area contributed by atoms with Crippen LogP contribution in [0.5, 0.6) is 0 Å². The summed E-state index contributed by atoms with van der Waals surface area (Å²) in [6.07, 6.45) is 0.500. The van der Waals surface area contributed by atoms with Crippen molar-refractivity contribution in [3.63, 3.8) is 0 Å². The minimum absolute atomic E-state index is 0.124. The highest BCUT2D eigenvalue weighted by Gasteiger charge is 2.07. The lowest BCUT2D eigenvalue weighted by Gasteiger charge is -2.19. The van der Waals surface area contributed by atoms with Crippen LogP contribution in [0.1, 0.15) is 13.3 Å². The second-order valence-electron chi connectivity index (χ2n) is 6.36. The Morgan fingerprint density at radius 1 is 0.875 bits per heavy atom. The molecule has 0 spiro atoms. The average Bonchev–Trinajstić information content (AvgIpc) is 2.59. The lowest BCUT2D eigenvalue weighted by Crippen LogP contribution is -2.21. The minimum atomic E-state index is 0.124. The average molecular weight is 322 g/mol. The van der Waals surface area contributed by atoms with Crippen molar-refractivity contribution >= 4 is 17.2 Å². The third-order valence-corrected chi connectivity index (χ3v) is 4.18. The van der Waals surface area contributed by atoms with Crippen LogP contribution in [0.2, 0.25) is 0 Å². The molecule has 0 bridgehead atoms. The van der Waals surface area contributed by atoms with Crippen LogP contribution in [-0.2, 0) is 4.79 Å². The van der Waals surface area contributed by atoms with E-state index in [1.807, 2.05) is 21.1 Å². The van der Waals surface area contributed by atoms with Crippen LogP contribution >= 0.6 is 0 Å². The summed E-state index contributed by atoms with van der Waals surface area (Å²) >= 11 is 0. The number of allylic oxidation sites excluding steroid dienone is 1. The predicted molar refractivity (Wildman–Crippen MR) is 104 cm³/mol. The van der Waals surface area contributed by atoms with E-state index in [1.165, 1.54) is 16.8 Å². The number of benzene rings is 2. The van der Waals surface area contributed by atoms with Gasteiger partial charge in [-0.15, -0.1) is 0 Å². The fourth-order valence-corrected chi connectivity index (χ4v) is 2.47. The molecule has 0 saturated carbocycles. The molecule has 2 rings (SSSR count). The van der Waals surface area contributed by atoms with E-state index < -0.39 is 0 Å². The number of carbonyl (C=O) groups is 1. The number of anilines is 2. The van der Waals surface area contributed by atoms with Crippen LogP contribution in [0.15, 0.2) is 60.7 Å². The third kappa shape index (κ3) is 4.48. The molecule has 0 aromatic heterocycles. The van der Waals surface area contributed by atoms with E-state index in [2.05, 4.69) is 64.9 Å².